The molecule has 0 radical (unpaired) electrons. The summed E-state index contributed by atoms with van der Waals surface area (Å²) in [7, 11) is 0. The fourth-order valence-corrected chi connectivity index (χ4v) is 2.14. The number of nitrogens with two attached hydrogens (primary N) is 1. The van der Waals surface area contributed by atoms with Crippen LogP contribution in [0.3, 0.4) is 0 Å². The van der Waals surface area contributed by atoms with Crippen LogP contribution in [0.25, 0.3) is 10.8 Å². The molecule has 0 fully saturated rings. The van der Waals surface area contributed by atoms with E-state index in [4.69, 9.17) is 10.5 Å². The summed E-state index contributed by atoms with van der Waals surface area (Å²) in [6.45, 7) is 3.88. The van der Waals surface area contributed by atoms with Crippen molar-refractivity contribution in [1.82, 2.24) is 10.2 Å². The summed E-state index contributed by atoms with van der Waals surface area (Å²) in [5.74, 6) is 1.08. The fraction of sp³-hybridized carbons (Fsp3) is 0.125. The maximum absolute atomic E-state index is 6.03. The molecule has 3 rings (SSSR count). The highest BCUT2D eigenvalue weighted by Gasteiger charge is 2.10. The molecule has 100 valence electrons. The molecule has 1 heterocycles. The minimum atomic E-state index is 0.475. The number of nitrogen functional groups attached to an aromatic ring is 1. The number of rotatable bonds is 2. The Morgan fingerprint density at radius 2 is 1.65 bits per heavy atom. The van der Waals surface area contributed by atoms with Crippen LogP contribution in [0.2, 0.25) is 0 Å². The Labute approximate surface area is 117 Å². The first kappa shape index (κ1) is 12.4. The molecule has 0 aliphatic rings. The molecule has 0 bridgehead atoms. The second kappa shape index (κ2) is 4.81. The van der Waals surface area contributed by atoms with Gasteiger partial charge in [0.15, 0.2) is 5.75 Å². The van der Waals surface area contributed by atoms with Crippen LogP contribution in [-0.2, 0) is 0 Å². The minimum Gasteiger partial charge on any atom is -0.435 e. The summed E-state index contributed by atoms with van der Waals surface area (Å²) >= 11 is 0. The number of ether oxygens (including phenoxy) is 1. The van der Waals surface area contributed by atoms with Crippen molar-refractivity contribution in [2.75, 3.05) is 5.73 Å². The molecule has 2 N–H and O–H groups in total. The second-order valence-electron chi connectivity index (χ2n) is 4.72. The summed E-state index contributed by atoms with van der Waals surface area (Å²) in [4.78, 5) is 0. The lowest BCUT2D eigenvalue weighted by atomic mass is 10.1. The van der Waals surface area contributed by atoms with Gasteiger partial charge >= 0.3 is 0 Å². The van der Waals surface area contributed by atoms with Crippen molar-refractivity contribution in [3.05, 3.63) is 53.7 Å². The van der Waals surface area contributed by atoms with Gasteiger partial charge in [-0.1, -0.05) is 30.3 Å². The van der Waals surface area contributed by atoms with E-state index in [-0.39, 0.29) is 0 Å². The first-order valence-corrected chi connectivity index (χ1v) is 6.42. The normalized spacial score (nSPS) is 10.7. The molecule has 0 atom stereocenters. The molecule has 0 amide bonds. The van der Waals surface area contributed by atoms with Crippen molar-refractivity contribution in [3.63, 3.8) is 0 Å². The molecule has 0 saturated carbocycles. The molecular formula is C16H15N3O. The van der Waals surface area contributed by atoms with E-state index in [9.17, 15) is 0 Å². The van der Waals surface area contributed by atoms with Crippen molar-refractivity contribution in [1.29, 1.82) is 0 Å². The standard InChI is InChI=1S/C16H15N3O/c1-10-6-5-9-14(15(10)17)20-16-13-8-4-3-7-12(13)11(2)18-19-16/h3-9H,17H2,1-2H3. The molecule has 1 aromatic heterocycles. The van der Waals surface area contributed by atoms with E-state index in [1.54, 1.807) is 0 Å². The fourth-order valence-electron chi connectivity index (χ4n) is 2.14. The molecule has 4 heteroatoms. The third-order valence-corrected chi connectivity index (χ3v) is 3.33. The quantitative estimate of drug-likeness (QED) is 0.719. The average Bonchev–Trinajstić information content (AvgIpc) is 2.47. The number of hydrogen-bond donors (Lipinski definition) is 1. The zero-order valence-corrected chi connectivity index (χ0v) is 11.4. The third-order valence-electron chi connectivity index (χ3n) is 3.33. The zero-order valence-electron chi connectivity index (χ0n) is 11.4. The van der Waals surface area contributed by atoms with E-state index in [0.717, 1.165) is 22.0 Å². The number of nitrogens with zero attached hydrogens (tertiary/aromatic N) is 2. The molecular weight excluding hydrogens is 250 g/mol. The Balaban J connectivity index is 2.12. The predicted octanol–water partition coefficient (Wildman–Crippen LogP) is 3.62. The summed E-state index contributed by atoms with van der Waals surface area (Å²) in [6, 6.07) is 13.6. The third kappa shape index (κ3) is 2.05. The number of benzene rings is 2. The lowest BCUT2D eigenvalue weighted by Crippen LogP contribution is -1.98. The SMILES string of the molecule is Cc1cccc(Oc2nnc(C)c3ccccc23)c1N. The van der Waals surface area contributed by atoms with Gasteiger partial charge < -0.3 is 10.5 Å². The Morgan fingerprint density at radius 1 is 0.900 bits per heavy atom. The molecule has 0 spiro atoms. The molecule has 4 nitrogen and oxygen atoms in total. The number of fused-ring (bicyclic) bond motifs is 1. The van der Waals surface area contributed by atoms with Crippen molar-refractivity contribution in [2.24, 2.45) is 0 Å². The molecule has 0 unspecified atom stereocenters. The largest absolute Gasteiger partial charge is 0.435 e. The average molecular weight is 265 g/mol. The van der Waals surface area contributed by atoms with Crippen LogP contribution in [0.4, 0.5) is 5.69 Å². The van der Waals surface area contributed by atoms with Gasteiger partial charge in [0.1, 0.15) is 0 Å². The monoisotopic (exact) mass is 265 g/mol. The van der Waals surface area contributed by atoms with Gasteiger partial charge in [0, 0.05) is 10.8 Å². The van der Waals surface area contributed by atoms with Crippen molar-refractivity contribution < 1.29 is 4.74 Å². The lowest BCUT2D eigenvalue weighted by molar-refractivity contribution is 0.463. The van der Waals surface area contributed by atoms with Gasteiger partial charge in [-0.25, -0.2) is 0 Å². The van der Waals surface area contributed by atoms with E-state index in [0.29, 0.717) is 17.3 Å². The highest BCUT2D eigenvalue weighted by molar-refractivity contribution is 5.88. The van der Waals surface area contributed by atoms with Crippen LogP contribution < -0.4 is 10.5 Å². The van der Waals surface area contributed by atoms with E-state index in [1.807, 2.05) is 56.3 Å². The van der Waals surface area contributed by atoms with Crippen LogP contribution in [0.5, 0.6) is 11.6 Å². The lowest BCUT2D eigenvalue weighted by Gasteiger charge is -2.11. The summed E-state index contributed by atoms with van der Waals surface area (Å²) in [5.41, 5.74) is 8.51. The number of para-hydroxylation sites is 1. The molecule has 0 saturated heterocycles. The van der Waals surface area contributed by atoms with E-state index in [1.165, 1.54) is 0 Å². The minimum absolute atomic E-state index is 0.475. The smallest absolute Gasteiger partial charge is 0.246 e. The van der Waals surface area contributed by atoms with Crippen LogP contribution in [0.15, 0.2) is 42.5 Å². The van der Waals surface area contributed by atoms with Gasteiger partial charge in [-0.15, -0.1) is 5.10 Å². The van der Waals surface area contributed by atoms with Crippen molar-refractivity contribution in [3.8, 4) is 11.6 Å². The molecule has 0 aliphatic carbocycles. The van der Waals surface area contributed by atoms with Gasteiger partial charge in [-0.2, -0.15) is 5.10 Å². The summed E-state index contributed by atoms with van der Waals surface area (Å²) < 4.78 is 5.86. The van der Waals surface area contributed by atoms with Gasteiger partial charge in [-0.05, 0) is 31.5 Å². The van der Waals surface area contributed by atoms with Crippen molar-refractivity contribution in [2.45, 2.75) is 13.8 Å². The van der Waals surface area contributed by atoms with Gasteiger partial charge in [0.25, 0.3) is 0 Å². The highest BCUT2D eigenvalue weighted by Crippen LogP contribution is 2.32. The maximum Gasteiger partial charge on any atom is 0.246 e. The summed E-state index contributed by atoms with van der Waals surface area (Å²) in [5, 5.41) is 10.2. The highest BCUT2D eigenvalue weighted by atomic mass is 16.5. The van der Waals surface area contributed by atoms with Crippen LogP contribution in [0.1, 0.15) is 11.3 Å². The van der Waals surface area contributed by atoms with Gasteiger partial charge in [0.2, 0.25) is 5.88 Å². The molecule has 0 aliphatic heterocycles. The maximum atomic E-state index is 6.03. The topological polar surface area (TPSA) is 61.0 Å². The van der Waals surface area contributed by atoms with E-state index < -0.39 is 0 Å². The second-order valence-corrected chi connectivity index (χ2v) is 4.72. The van der Waals surface area contributed by atoms with Gasteiger partial charge in [0.05, 0.1) is 11.4 Å². The molecule has 20 heavy (non-hydrogen) atoms. The van der Waals surface area contributed by atoms with Crippen molar-refractivity contribution >= 4 is 16.5 Å². The Kier molecular flexibility index (Phi) is 2.99. The number of aromatic nitrogens is 2. The number of anilines is 1. The first-order valence-electron chi connectivity index (χ1n) is 6.42. The molecule has 3 aromatic rings. The first-order chi connectivity index (χ1) is 9.66. The zero-order chi connectivity index (χ0) is 14.1. The predicted molar refractivity (Wildman–Crippen MR) is 79.9 cm³/mol. The number of hydrogen-bond acceptors (Lipinski definition) is 4. The van der Waals surface area contributed by atoms with Crippen LogP contribution >= 0.6 is 0 Å². The Bertz CT molecular complexity index is 784. The summed E-state index contributed by atoms with van der Waals surface area (Å²) in [6.07, 6.45) is 0. The molecule has 2 aromatic carbocycles. The van der Waals surface area contributed by atoms with Crippen LogP contribution in [-0.4, -0.2) is 10.2 Å². The van der Waals surface area contributed by atoms with Crippen LogP contribution in [0, 0.1) is 13.8 Å². The number of aryl methyl sites for hydroxylation is 2. The van der Waals surface area contributed by atoms with E-state index >= 15 is 0 Å². The van der Waals surface area contributed by atoms with E-state index in [2.05, 4.69) is 10.2 Å². The Morgan fingerprint density at radius 3 is 2.45 bits per heavy atom. The van der Waals surface area contributed by atoms with Gasteiger partial charge in [-0.3, -0.25) is 0 Å². The Hall–Kier alpha value is -2.62.